The molecule has 0 aliphatic heterocycles. The number of hydrogen-bond acceptors (Lipinski definition) is 0. The molecule has 0 aromatic carbocycles. The summed E-state index contributed by atoms with van der Waals surface area (Å²) >= 11 is 0. The average molecular weight is 382 g/mol. The Bertz CT molecular complexity index is 466. The maximum atomic E-state index is 12.7. The number of allylic oxidation sites excluding steroid dienone is 1. The van der Waals surface area contributed by atoms with Gasteiger partial charge in [0.25, 0.3) is 0 Å². The molecule has 0 saturated heterocycles. The minimum atomic E-state index is -8.14. The van der Waals surface area contributed by atoms with Crippen molar-refractivity contribution in [3.63, 3.8) is 0 Å². The van der Waals surface area contributed by atoms with E-state index in [1.54, 1.807) is 0 Å². The molecule has 138 valence electrons. The van der Waals surface area contributed by atoms with Crippen LogP contribution in [0.4, 0.5) is 65.9 Å². The van der Waals surface area contributed by atoms with Gasteiger partial charge in [0.2, 0.25) is 5.83 Å². The van der Waals surface area contributed by atoms with E-state index in [2.05, 4.69) is 0 Å². The summed E-state index contributed by atoms with van der Waals surface area (Å²) in [6.45, 7) is 0. The van der Waals surface area contributed by atoms with Crippen LogP contribution in [-0.2, 0) is 0 Å². The Kier molecular flexibility index (Phi) is 5.05. The first-order valence-corrected chi connectivity index (χ1v) is 4.65. The molecule has 0 unspecified atom stereocenters. The molecule has 0 aromatic rings. The van der Waals surface area contributed by atoms with E-state index in [0.29, 0.717) is 0 Å². The van der Waals surface area contributed by atoms with Gasteiger partial charge in [-0.25, -0.2) is 8.78 Å². The zero-order valence-electron chi connectivity index (χ0n) is 9.75. The summed E-state index contributed by atoms with van der Waals surface area (Å²) in [4.78, 5) is 0. The van der Waals surface area contributed by atoms with E-state index in [1.165, 1.54) is 0 Å². The van der Waals surface area contributed by atoms with Crippen molar-refractivity contribution < 1.29 is 65.9 Å². The monoisotopic (exact) mass is 382 g/mol. The second kappa shape index (κ2) is 5.36. The highest BCUT2D eigenvalue weighted by molar-refractivity contribution is 5.17. The first-order chi connectivity index (χ1) is 9.73. The van der Waals surface area contributed by atoms with Crippen LogP contribution in [0, 0.1) is 0 Å². The number of alkyl halides is 13. The molecule has 23 heavy (non-hydrogen) atoms. The van der Waals surface area contributed by atoms with Crippen molar-refractivity contribution in [1.82, 2.24) is 0 Å². The third-order valence-electron chi connectivity index (χ3n) is 2.33. The molecule has 0 heterocycles. The lowest BCUT2D eigenvalue weighted by atomic mass is 9.93. The molecule has 0 aliphatic carbocycles. The summed E-state index contributed by atoms with van der Waals surface area (Å²) in [5.74, 6) is -43.3. The Hall–Kier alpha value is -1.31. The molecule has 0 spiro atoms. The van der Waals surface area contributed by atoms with Gasteiger partial charge in [0.1, 0.15) is 6.33 Å². The normalized spacial score (nSPS) is 16.7. The summed E-state index contributed by atoms with van der Waals surface area (Å²) in [5.41, 5.74) is 0. The maximum Gasteiger partial charge on any atom is 0.460 e. The zero-order chi connectivity index (χ0) is 19.3. The van der Waals surface area contributed by atoms with E-state index in [1.807, 2.05) is 0 Å². The number of rotatable bonds is 5. The molecular weight excluding hydrogens is 381 g/mol. The molecule has 0 atom stereocenters. The van der Waals surface area contributed by atoms with Crippen molar-refractivity contribution in [2.75, 3.05) is 0 Å². The summed E-state index contributed by atoms with van der Waals surface area (Å²) in [6, 6.07) is 0. The largest absolute Gasteiger partial charge is 0.460 e. The van der Waals surface area contributed by atoms with Gasteiger partial charge in [-0.05, 0) is 0 Å². The van der Waals surface area contributed by atoms with E-state index in [9.17, 15) is 65.9 Å². The Morgan fingerprint density at radius 2 is 0.826 bits per heavy atom. The van der Waals surface area contributed by atoms with E-state index >= 15 is 0 Å². The average Bonchev–Trinajstić information content (AvgIpc) is 2.35. The highest BCUT2D eigenvalue weighted by Crippen LogP contribution is 2.61. The number of halogens is 15. The Balaban J connectivity index is 6.36. The fourth-order valence-electron chi connectivity index (χ4n) is 0.988. The van der Waals surface area contributed by atoms with Gasteiger partial charge >= 0.3 is 35.8 Å². The van der Waals surface area contributed by atoms with Gasteiger partial charge in [0, 0.05) is 0 Å². The molecule has 0 amide bonds. The first-order valence-electron chi connectivity index (χ1n) is 4.65. The molecule has 0 N–H and O–H groups in total. The maximum absolute atomic E-state index is 12.7. The van der Waals surface area contributed by atoms with Crippen molar-refractivity contribution >= 4 is 0 Å². The molecule has 0 nitrogen and oxygen atoms in total. The Morgan fingerprint density at radius 3 is 1.09 bits per heavy atom. The lowest BCUT2D eigenvalue weighted by molar-refractivity contribution is -0.437. The van der Waals surface area contributed by atoms with Crippen LogP contribution in [0.2, 0.25) is 0 Å². The molecular formula is C8HF15. The van der Waals surface area contributed by atoms with Crippen molar-refractivity contribution in [1.29, 1.82) is 0 Å². The molecule has 0 aromatic heterocycles. The van der Waals surface area contributed by atoms with Crippen LogP contribution < -0.4 is 0 Å². The quantitative estimate of drug-likeness (QED) is 0.551. The fraction of sp³-hybridized carbons (Fsp3) is 0.750. The van der Waals surface area contributed by atoms with Gasteiger partial charge in [0.15, 0.2) is 0 Å². The van der Waals surface area contributed by atoms with Crippen molar-refractivity contribution in [2.24, 2.45) is 0 Å². The lowest BCUT2D eigenvalue weighted by Gasteiger charge is -2.39. The SMILES string of the molecule is F/C=C(/F)C(F)(F)C(F)(F)C(F)(F)C(F)(F)C(F)(F)C(F)(F)F. The van der Waals surface area contributed by atoms with E-state index < -0.39 is 47.9 Å². The second-order valence-corrected chi connectivity index (χ2v) is 3.83. The lowest BCUT2D eigenvalue weighted by Crippen LogP contribution is -2.70. The highest BCUT2D eigenvalue weighted by Gasteiger charge is 2.91. The van der Waals surface area contributed by atoms with Crippen LogP contribution >= 0.6 is 0 Å². The molecule has 15 heteroatoms. The highest BCUT2D eigenvalue weighted by atomic mass is 19.4. The molecule has 0 saturated carbocycles. The predicted molar refractivity (Wildman–Crippen MR) is 41.1 cm³/mol. The topological polar surface area (TPSA) is 0 Å². The first kappa shape index (κ1) is 21.7. The zero-order valence-corrected chi connectivity index (χ0v) is 9.75. The van der Waals surface area contributed by atoms with Crippen LogP contribution in [0.1, 0.15) is 0 Å². The summed E-state index contributed by atoms with van der Waals surface area (Å²) < 4.78 is 184. The van der Waals surface area contributed by atoms with Crippen LogP contribution in [0.15, 0.2) is 12.2 Å². The Morgan fingerprint density at radius 1 is 0.522 bits per heavy atom. The summed E-state index contributed by atoms with van der Waals surface area (Å²) in [5, 5.41) is 0. The third kappa shape index (κ3) is 2.70. The molecule has 0 bridgehead atoms. The van der Waals surface area contributed by atoms with E-state index in [4.69, 9.17) is 0 Å². The fourth-order valence-corrected chi connectivity index (χ4v) is 0.988. The smallest absolute Gasteiger partial charge is 0.212 e. The van der Waals surface area contributed by atoms with Gasteiger partial charge in [-0.3, -0.25) is 0 Å². The van der Waals surface area contributed by atoms with Crippen LogP contribution in [0.3, 0.4) is 0 Å². The van der Waals surface area contributed by atoms with Crippen molar-refractivity contribution in [2.45, 2.75) is 35.8 Å². The third-order valence-corrected chi connectivity index (χ3v) is 2.33. The van der Waals surface area contributed by atoms with Crippen LogP contribution in [-0.4, -0.2) is 35.8 Å². The Labute approximate surface area is 115 Å². The summed E-state index contributed by atoms with van der Waals surface area (Å²) in [7, 11) is 0. The van der Waals surface area contributed by atoms with Crippen LogP contribution in [0.5, 0.6) is 0 Å². The minimum Gasteiger partial charge on any atom is -0.212 e. The van der Waals surface area contributed by atoms with Crippen molar-refractivity contribution in [3.8, 4) is 0 Å². The van der Waals surface area contributed by atoms with E-state index in [0.717, 1.165) is 0 Å². The van der Waals surface area contributed by atoms with Gasteiger partial charge in [-0.1, -0.05) is 0 Å². The molecule has 0 rings (SSSR count). The van der Waals surface area contributed by atoms with E-state index in [-0.39, 0.29) is 0 Å². The van der Waals surface area contributed by atoms with Gasteiger partial charge in [0.05, 0.1) is 0 Å². The molecule has 0 radical (unpaired) electrons. The summed E-state index contributed by atoms with van der Waals surface area (Å²) in [6.07, 6.45) is -9.65. The van der Waals surface area contributed by atoms with Gasteiger partial charge < -0.3 is 0 Å². The second-order valence-electron chi connectivity index (χ2n) is 3.83. The van der Waals surface area contributed by atoms with Gasteiger partial charge in [-0.2, -0.15) is 57.1 Å². The molecule has 0 fully saturated rings. The van der Waals surface area contributed by atoms with Crippen molar-refractivity contribution in [3.05, 3.63) is 12.2 Å². The standard InChI is InChI=1S/C8HF15/c9-1-2(10)3(11,12)4(13,14)5(15,16)6(17,18)7(19,20)8(21,22)23/h1H/b2-1+. The van der Waals surface area contributed by atoms with Gasteiger partial charge in [-0.15, -0.1) is 0 Å². The minimum absolute atomic E-state index is 2.09. The number of hydrogen-bond donors (Lipinski definition) is 0. The van der Waals surface area contributed by atoms with Crippen LogP contribution in [0.25, 0.3) is 0 Å². The molecule has 0 aliphatic rings. The predicted octanol–water partition coefficient (Wildman–Crippen LogP) is 5.51.